The molecular weight excluding hydrogens is 232 g/mol. The lowest BCUT2D eigenvalue weighted by atomic mass is 9.97. The maximum atomic E-state index is 9.42. The number of nitrogens with two attached hydrogens (primary N) is 1. The van der Waals surface area contributed by atoms with Gasteiger partial charge in [0.25, 0.3) is 0 Å². The molecule has 0 aliphatic carbocycles. The highest BCUT2D eigenvalue weighted by atomic mass is 16.3. The minimum Gasteiger partial charge on any atom is -0.397 e. The molecule has 0 radical (unpaired) electrons. The van der Waals surface area contributed by atoms with Crippen molar-refractivity contribution >= 4 is 22.3 Å². The molecule has 1 heterocycles. The zero-order valence-corrected chi connectivity index (χ0v) is 10.3. The summed E-state index contributed by atoms with van der Waals surface area (Å²) in [5, 5.41) is 29.7. The van der Waals surface area contributed by atoms with Gasteiger partial charge in [0, 0.05) is 5.39 Å². The zero-order valence-electron chi connectivity index (χ0n) is 10.3. The van der Waals surface area contributed by atoms with E-state index in [1.165, 1.54) is 0 Å². The summed E-state index contributed by atoms with van der Waals surface area (Å²) in [4.78, 5) is 0. The number of aliphatic hydroxyl groups excluding tert-OH is 2. The molecule has 6 nitrogen and oxygen atoms in total. The van der Waals surface area contributed by atoms with Crippen molar-refractivity contribution in [3.63, 3.8) is 0 Å². The van der Waals surface area contributed by atoms with Crippen LogP contribution in [0.3, 0.4) is 0 Å². The van der Waals surface area contributed by atoms with Gasteiger partial charge < -0.3 is 21.3 Å². The first-order chi connectivity index (χ1) is 8.64. The molecular formula is C12H18N4O2. The summed E-state index contributed by atoms with van der Waals surface area (Å²) in [6, 6.07) is 3.63. The number of aliphatic hydroxyl groups is 2. The number of hydrogen-bond acceptors (Lipinski definition) is 5. The van der Waals surface area contributed by atoms with E-state index in [1.54, 1.807) is 12.3 Å². The molecule has 0 bridgehead atoms. The van der Waals surface area contributed by atoms with Crippen molar-refractivity contribution in [2.24, 2.45) is 0 Å². The van der Waals surface area contributed by atoms with E-state index in [2.05, 4.69) is 15.5 Å². The Balaban J connectivity index is 2.38. The Hall–Kier alpha value is -1.79. The molecule has 0 aliphatic heterocycles. The Morgan fingerprint density at radius 1 is 1.39 bits per heavy atom. The summed E-state index contributed by atoms with van der Waals surface area (Å²) >= 11 is 0. The van der Waals surface area contributed by atoms with Crippen LogP contribution in [0.25, 0.3) is 10.9 Å². The number of fused-ring (bicyclic) bond motifs is 1. The summed E-state index contributed by atoms with van der Waals surface area (Å²) in [6.07, 6.45) is 2.28. The van der Waals surface area contributed by atoms with E-state index < -0.39 is 5.54 Å². The van der Waals surface area contributed by atoms with E-state index in [4.69, 9.17) is 5.73 Å². The first-order valence-corrected chi connectivity index (χ1v) is 5.86. The lowest BCUT2D eigenvalue weighted by Crippen LogP contribution is -2.45. The predicted molar refractivity (Wildman–Crippen MR) is 71.3 cm³/mol. The van der Waals surface area contributed by atoms with Gasteiger partial charge in [-0.25, -0.2) is 0 Å². The monoisotopic (exact) mass is 250 g/mol. The van der Waals surface area contributed by atoms with Crippen LogP contribution in [0.4, 0.5) is 11.4 Å². The average molecular weight is 250 g/mol. The minimum atomic E-state index is -0.762. The third kappa shape index (κ3) is 2.12. The van der Waals surface area contributed by atoms with Crippen LogP contribution in [0.1, 0.15) is 13.3 Å². The number of nitrogens with one attached hydrogen (secondary N) is 2. The second-order valence-corrected chi connectivity index (χ2v) is 4.47. The van der Waals surface area contributed by atoms with Gasteiger partial charge in [0.05, 0.1) is 41.8 Å². The summed E-state index contributed by atoms with van der Waals surface area (Å²) in [5.41, 5.74) is 7.28. The van der Waals surface area contributed by atoms with Gasteiger partial charge >= 0.3 is 0 Å². The lowest BCUT2D eigenvalue weighted by Gasteiger charge is -2.31. The smallest absolute Gasteiger partial charge is 0.0832 e. The largest absolute Gasteiger partial charge is 0.397 e. The Morgan fingerprint density at radius 3 is 2.72 bits per heavy atom. The van der Waals surface area contributed by atoms with E-state index in [9.17, 15) is 10.2 Å². The number of aromatic amines is 1. The molecule has 1 aromatic heterocycles. The highest BCUT2D eigenvalue weighted by Crippen LogP contribution is 2.28. The highest BCUT2D eigenvalue weighted by molar-refractivity contribution is 5.88. The number of benzene rings is 1. The molecule has 1 aromatic carbocycles. The minimum absolute atomic E-state index is 0.166. The van der Waals surface area contributed by atoms with Gasteiger partial charge in [-0.15, -0.1) is 0 Å². The van der Waals surface area contributed by atoms with E-state index >= 15 is 0 Å². The number of rotatable bonds is 5. The van der Waals surface area contributed by atoms with Crippen molar-refractivity contribution in [3.05, 3.63) is 18.3 Å². The molecule has 0 amide bonds. The maximum Gasteiger partial charge on any atom is 0.0832 e. The third-order valence-corrected chi connectivity index (χ3v) is 3.29. The molecule has 98 valence electrons. The van der Waals surface area contributed by atoms with Crippen LogP contribution in [-0.4, -0.2) is 39.2 Å². The Kier molecular flexibility index (Phi) is 3.40. The van der Waals surface area contributed by atoms with Crippen LogP contribution < -0.4 is 11.1 Å². The quantitative estimate of drug-likeness (QED) is 0.502. The molecule has 0 unspecified atom stereocenters. The molecule has 0 saturated heterocycles. The molecule has 2 aromatic rings. The summed E-state index contributed by atoms with van der Waals surface area (Å²) < 4.78 is 0. The molecule has 6 heteroatoms. The van der Waals surface area contributed by atoms with Gasteiger partial charge in [0.15, 0.2) is 0 Å². The van der Waals surface area contributed by atoms with E-state index in [-0.39, 0.29) is 13.2 Å². The fraction of sp³-hybridized carbons (Fsp3) is 0.417. The van der Waals surface area contributed by atoms with Gasteiger partial charge in [0.2, 0.25) is 0 Å². The highest BCUT2D eigenvalue weighted by Gasteiger charge is 2.27. The number of anilines is 2. The van der Waals surface area contributed by atoms with Gasteiger partial charge in [-0.05, 0) is 18.6 Å². The van der Waals surface area contributed by atoms with E-state index in [0.717, 1.165) is 10.9 Å². The molecule has 0 saturated carbocycles. The fourth-order valence-electron chi connectivity index (χ4n) is 1.84. The van der Waals surface area contributed by atoms with Crippen LogP contribution in [0.5, 0.6) is 0 Å². The fourth-order valence-corrected chi connectivity index (χ4v) is 1.84. The average Bonchev–Trinajstić information content (AvgIpc) is 2.83. The van der Waals surface area contributed by atoms with Gasteiger partial charge in [-0.1, -0.05) is 6.92 Å². The van der Waals surface area contributed by atoms with Crippen molar-refractivity contribution in [1.82, 2.24) is 10.2 Å². The summed E-state index contributed by atoms with van der Waals surface area (Å²) in [6.45, 7) is 1.56. The third-order valence-electron chi connectivity index (χ3n) is 3.29. The molecule has 18 heavy (non-hydrogen) atoms. The molecule has 2 rings (SSSR count). The Labute approximate surface area is 105 Å². The number of hydrogen-bond donors (Lipinski definition) is 5. The van der Waals surface area contributed by atoms with Crippen molar-refractivity contribution < 1.29 is 10.2 Å². The normalized spacial score (nSPS) is 11.9. The van der Waals surface area contributed by atoms with Crippen molar-refractivity contribution in [3.8, 4) is 0 Å². The Bertz CT molecular complexity index is 526. The van der Waals surface area contributed by atoms with E-state index in [1.807, 2.05) is 13.0 Å². The van der Waals surface area contributed by atoms with Crippen LogP contribution in [0.2, 0.25) is 0 Å². The van der Waals surface area contributed by atoms with Gasteiger partial charge in [0.1, 0.15) is 0 Å². The number of H-pyrrole nitrogens is 1. The topological polar surface area (TPSA) is 107 Å². The van der Waals surface area contributed by atoms with Crippen molar-refractivity contribution in [2.75, 3.05) is 24.3 Å². The molecule has 0 aliphatic rings. The second kappa shape index (κ2) is 4.83. The first-order valence-electron chi connectivity index (χ1n) is 5.86. The SMILES string of the molecule is CCC(CO)(CO)Nc1cc2[nH]ncc2cc1N. The first kappa shape index (κ1) is 12.7. The summed E-state index contributed by atoms with van der Waals surface area (Å²) in [5.74, 6) is 0. The lowest BCUT2D eigenvalue weighted by molar-refractivity contribution is 0.132. The summed E-state index contributed by atoms with van der Waals surface area (Å²) in [7, 11) is 0. The number of nitrogens with zero attached hydrogens (tertiary/aromatic N) is 1. The van der Waals surface area contributed by atoms with E-state index in [0.29, 0.717) is 17.8 Å². The van der Waals surface area contributed by atoms with Crippen LogP contribution in [-0.2, 0) is 0 Å². The van der Waals surface area contributed by atoms with Crippen molar-refractivity contribution in [2.45, 2.75) is 18.9 Å². The van der Waals surface area contributed by atoms with Gasteiger partial charge in [-0.3, -0.25) is 5.10 Å². The molecule has 0 spiro atoms. The van der Waals surface area contributed by atoms with Crippen LogP contribution >= 0.6 is 0 Å². The maximum absolute atomic E-state index is 9.42. The zero-order chi connectivity index (χ0) is 13.2. The molecule has 6 N–H and O–H groups in total. The standard InChI is InChI=1S/C12H18N4O2/c1-2-12(6-17,7-18)15-11-4-10-8(3-9(11)13)5-14-16-10/h3-5,15,17-18H,2,6-7,13H2,1H3,(H,14,16). The van der Waals surface area contributed by atoms with Crippen LogP contribution in [0, 0.1) is 0 Å². The Morgan fingerprint density at radius 2 is 2.11 bits per heavy atom. The number of aromatic nitrogens is 2. The number of nitrogen functional groups attached to an aromatic ring is 1. The second-order valence-electron chi connectivity index (χ2n) is 4.47. The van der Waals surface area contributed by atoms with Crippen molar-refractivity contribution in [1.29, 1.82) is 0 Å². The molecule has 0 atom stereocenters. The van der Waals surface area contributed by atoms with Gasteiger partial charge in [-0.2, -0.15) is 5.10 Å². The molecule has 0 fully saturated rings. The van der Waals surface area contributed by atoms with Crippen LogP contribution in [0.15, 0.2) is 18.3 Å². The predicted octanol–water partition coefficient (Wildman–Crippen LogP) is 0.690.